The summed E-state index contributed by atoms with van der Waals surface area (Å²) in [7, 11) is 0. The lowest BCUT2D eigenvalue weighted by molar-refractivity contribution is -0.152. The molecule has 0 spiro atoms. The van der Waals surface area contributed by atoms with E-state index >= 15 is 0 Å². The molecule has 0 bridgehead atoms. The number of hydrogen-bond donors (Lipinski definition) is 5. The van der Waals surface area contributed by atoms with Gasteiger partial charge in [0.25, 0.3) is 5.91 Å². The maximum atomic E-state index is 13.0. The maximum Gasteiger partial charge on any atom is 0.329 e. The first-order valence-corrected chi connectivity index (χ1v) is 15.3. The Morgan fingerprint density at radius 2 is 1.65 bits per heavy atom. The van der Waals surface area contributed by atoms with Gasteiger partial charge < -0.3 is 20.4 Å². The quantitative estimate of drug-likeness (QED) is 0.0718. The summed E-state index contributed by atoms with van der Waals surface area (Å²) in [5.41, 5.74) is 4.83. The summed E-state index contributed by atoms with van der Waals surface area (Å²) in [4.78, 5) is 52.7. The van der Waals surface area contributed by atoms with E-state index in [1.54, 1.807) is 11.5 Å². The fourth-order valence-corrected chi connectivity index (χ4v) is 5.40. The Kier molecular flexibility index (Phi) is 12.1. The van der Waals surface area contributed by atoms with Crippen molar-refractivity contribution in [3.63, 3.8) is 0 Å². The van der Waals surface area contributed by atoms with Gasteiger partial charge in [-0.05, 0) is 74.3 Å². The zero-order valence-electron chi connectivity index (χ0n) is 24.5. The SMILES string of the molecule is O=C(CCCCCCNC(=O)c1cc2cc(CCC(=O)N[C@@H](Cc3ccccc3)C(=O)OC3CCCC3)ccc2[nH]1)NO. The predicted octanol–water partition coefficient (Wildman–Crippen LogP) is 4.50. The van der Waals surface area contributed by atoms with Crippen LogP contribution < -0.4 is 16.1 Å². The van der Waals surface area contributed by atoms with Crippen LogP contribution in [0.3, 0.4) is 0 Å². The second-order valence-corrected chi connectivity index (χ2v) is 11.2. The molecule has 1 aliphatic carbocycles. The van der Waals surface area contributed by atoms with E-state index in [-0.39, 0.29) is 42.6 Å². The van der Waals surface area contributed by atoms with Gasteiger partial charge in [-0.3, -0.25) is 19.6 Å². The molecule has 1 fully saturated rings. The number of esters is 1. The third-order valence-corrected chi connectivity index (χ3v) is 7.80. The molecule has 1 atom stereocenters. The highest BCUT2D eigenvalue weighted by atomic mass is 16.5. The van der Waals surface area contributed by atoms with E-state index in [1.165, 1.54) is 0 Å². The van der Waals surface area contributed by atoms with Gasteiger partial charge in [0.1, 0.15) is 17.8 Å². The van der Waals surface area contributed by atoms with Crippen LogP contribution >= 0.6 is 0 Å². The second-order valence-electron chi connectivity index (χ2n) is 11.2. The lowest BCUT2D eigenvalue weighted by Crippen LogP contribution is -2.44. The van der Waals surface area contributed by atoms with Gasteiger partial charge in [0.05, 0.1) is 0 Å². The Morgan fingerprint density at radius 1 is 0.884 bits per heavy atom. The summed E-state index contributed by atoms with van der Waals surface area (Å²) >= 11 is 0. The first kappa shape index (κ1) is 31.7. The Morgan fingerprint density at radius 3 is 2.42 bits per heavy atom. The van der Waals surface area contributed by atoms with E-state index in [4.69, 9.17) is 9.94 Å². The minimum Gasteiger partial charge on any atom is -0.461 e. The molecule has 10 heteroatoms. The summed E-state index contributed by atoms with van der Waals surface area (Å²) in [5.74, 6) is -1.17. The molecule has 4 rings (SSSR count). The summed E-state index contributed by atoms with van der Waals surface area (Å²) < 4.78 is 5.73. The molecule has 1 aliphatic rings. The average molecular weight is 591 g/mol. The minimum atomic E-state index is -0.739. The fraction of sp³-hybridized carbons (Fsp3) is 0.455. The summed E-state index contributed by atoms with van der Waals surface area (Å²) in [6, 6.07) is 16.5. The molecular weight excluding hydrogens is 548 g/mol. The van der Waals surface area contributed by atoms with E-state index in [9.17, 15) is 19.2 Å². The smallest absolute Gasteiger partial charge is 0.329 e. The number of unbranched alkanes of at least 4 members (excludes halogenated alkanes) is 3. The van der Waals surface area contributed by atoms with Crippen molar-refractivity contribution in [3.05, 3.63) is 71.4 Å². The largest absolute Gasteiger partial charge is 0.461 e. The summed E-state index contributed by atoms with van der Waals surface area (Å²) in [6.07, 6.45) is 8.36. The minimum absolute atomic E-state index is 0.0680. The van der Waals surface area contributed by atoms with Crippen molar-refractivity contribution in [1.82, 2.24) is 21.1 Å². The van der Waals surface area contributed by atoms with E-state index in [0.29, 0.717) is 31.5 Å². The third-order valence-electron chi connectivity index (χ3n) is 7.80. The number of aryl methyl sites for hydroxylation is 1. The molecule has 0 unspecified atom stereocenters. The molecule has 0 radical (unpaired) electrons. The number of carbonyl (C=O) groups is 4. The van der Waals surface area contributed by atoms with Gasteiger partial charge in [0.2, 0.25) is 11.8 Å². The lowest BCUT2D eigenvalue weighted by atomic mass is 10.0. The van der Waals surface area contributed by atoms with Crippen LogP contribution in [0.1, 0.15) is 85.8 Å². The van der Waals surface area contributed by atoms with Crippen LogP contribution in [0.15, 0.2) is 54.6 Å². The van der Waals surface area contributed by atoms with Gasteiger partial charge in [-0.15, -0.1) is 0 Å². The van der Waals surface area contributed by atoms with E-state index < -0.39 is 6.04 Å². The molecular formula is C33H42N4O6. The molecule has 1 saturated carbocycles. The van der Waals surface area contributed by atoms with E-state index in [2.05, 4.69) is 15.6 Å². The van der Waals surface area contributed by atoms with E-state index in [1.807, 2.05) is 48.5 Å². The summed E-state index contributed by atoms with van der Waals surface area (Å²) in [6.45, 7) is 0.528. The predicted molar refractivity (Wildman–Crippen MR) is 162 cm³/mol. The van der Waals surface area contributed by atoms with Crippen LogP contribution in [-0.2, 0) is 32.0 Å². The molecule has 43 heavy (non-hydrogen) atoms. The zero-order chi connectivity index (χ0) is 30.4. The highest BCUT2D eigenvalue weighted by Gasteiger charge is 2.27. The number of benzene rings is 2. The maximum absolute atomic E-state index is 13.0. The molecule has 230 valence electrons. The molecule has 1 heterocycles. The molecule has 5 N–H and O–H groups in total. The molecule has 0 saturated heterocycles. The molecule has 0 aliphatic heterocycles. The number of aromatic amines is 1. The van der Waals surface area contributed by atoms with Gasteiger partial charge in [0.15, 0.2) is 0 Å². The highest BCUT2D eigenvalue weighted by molar-refractivity contribution is 5.98. The number of amides is 3. The van der Waals surface area contributed by atoms with Crippen molar-refractivity contribution in [2.75, 3.05) is 6.54 Å². The van der Waals surface area contributed by atoms with Crippen molar-refractivity contribution in [2.45, 2.75) is 89.2 Å². The highest BCUT2D eigenvalue weighted by Crippen LogP contribution is 2.22. The number of aromatic nitrogens is 1. The van der Waals surface area contributed by atoms with Crippen molar-refractivity contribution < 1.29 is 29.1 Å². The number of H-pyrrole nitrogens is 1. The number of hydroxylamine groups is 1. The summed E-state index contributed by atoms with van der Waals surface area (Å²) in [5, 5.41) is 15.2. The van der Waals surface area contributed by atoms with Gasteiger partial charge in [-0.25, -0.2) is 10.3 Å². The molecule has 3 amide bonds. The lowest BCUT2D eigenvalue weighted by Gasteiger charge is -2.20. The molecule has 10 nitrogen and oxygen atoms in total. The Labute approximate surface area is 251 Å². The van der Waals surface area contributed by atoms with Crippen LogP contribution in [0.5, 0.6) is 0 Å². The molecule has 1 aromatic heterocycles. The van der Waals surface area contributed by atoms with Crippen molar-refractivity contribution in [1.29, 1.82) is 0 Å². The normalized spacial score (nSPS) is 13.9. The van der Waals surface area contributed by atoms with Crippen LogP contribution in [0, 0.1) is 0 Å². The third kappa shape index (κ3) is 10.2. The van der Waals surface area contributed by atoms with Gasteiger partial charge >= 0.3 is 5.97 Å². The van der Waals surface area contributed by atoms with Gasteiger partial charge in [0, 0.05) is 36.7 Å². The van der Waals surface area contributed by atoms with E-state index in [0.717, 1.165) is 67.0 Å². The number of ether oxygens (including phenoxy) is 1. The average Bonchev–Trinajstić information content (AvgIpc) is 3.69. The number of carbonyl (C=O) groups excluding carboxylic acids is 4. The van der Waals surface area contributed by atoms with Crippen molar-refractivity contribution in [3.8, 4) is 0 Å². The first-order valence-electron chi connectivity index (χ1n) is 15.3. The van der Waals surface area contributed by atoms with Crippen LogP contribution in [0.25, 0.3) is 10.9 Å². The standard InChI is InChI=1S/C33H42N4O6/c38-30(36-29(21-23-10-4-3-5-11-23)33(41)43-26-12-7-8-13-26)18-16-24-15-17-27-25(20-24)22-28(35-27)32(40)34-19-9-2-1-6-14-31(39)37-42/h3-5,10-11,15,17,20,22,26,29,35,42H,1-2,6-9,12-14,16,18-19,21H2,(H,34,40)(H,36,38)(H,37,39)/t29-/m0/s1. The van der Waals surface area contributed by atoms with Gasteiger partial charge in [-0.1, -0.05) is 49.2 Å². The first-order chi connectivity index (χ1) is 20.9. The van der Waals surface area contributed by atoms with Gasteiger partial charge in [-0.2, -0.15) is 0 Å². The Bertz CT molecular complexity index is 1370. The fourth-order valence-electron chi connectivity index (χ4n) is 5.40. The molecule has 2 aromatic carbocycles. The van der Waals surface area contributed by atoms with Crippen molar-refractivity contribution in [2.24, 2.45) is 0 Å². The second kappa shape index (κ2) is 16.5. The number of fused-ring (bicyclic) bond motifs is 1. The number of rotatable bonds is 16. The van der Waals surface area contributed by atoms with Crippen LogP contribution in [0.4, 0.5) is 0 Å². The van der Waals surface area contributed by atoms with Crippen LogP contribution in [-0.4, -0.2) is 52.6 Å². The van der Waals surface area contributed by atoms with Crippen molar-refractivity contribution >= 4 is 34.6 Å². The number of hydrogen-bond acceptors (Lipinski definition) is 6. The van der Waals surface area contributed by atoms with Crippen LogP contribution in [0.2, 0.25) is 0 Å². The zero-order valence-corrected chi connectivity index (χ0v) is 24.5. The number of nitrogens with one attached hydrogen (secondary N) is 4. The Hall–Kier alpha value is -4.18. The topological polar surface area (TPSA) is 150 Å². The monoisotopic (exact) mass is 590 g/mol. The Balaban J connectivity index is 1.25. The molecule has 3 aromatic rings.